The molecule has 2 rings (SSSR count). The predicted octanol–water partition coefficient (Wildman–Crippen LogP) is 2.34. The Morgan fingerprint density at radius 3 is 2.68 bits per heavy atom. The predicted molar refractivity (Wildman–Crippen MR) is 77.9 cm³/mol. The Hall–Kier alpha value is -0.770. The molecule has 110 valence electrons. The maximum atomic E-state index is 12.4. The van der Waals surface area contributed by atoms with E-state index in [1.165, 1.54) is 19.3 Å². The zero-order valence-electron chi connectivity index (χ0n) is 12.5. The summed E-state index contributed by atoms with van der Waals surface area (Å²) in [6.07, 6.45) is 6.86. The average molecular weight is 267 g/mol. The number of urea groups is 1. The van der Waals surface area contributed by atoms with Gasteiger partial charge < -0.3 is 16.0 Å². The minimum absolute atomic E-state index is 0.103. The number of amides is 2. The van der Waals surface area contributed by atoms with Crippen LogP contribution < -0.4 is 11.1 Å². The van der Waals surface area contributed by atoms with Crippen LogP contribution >= 0.6 is 0 Å². The number of likely N-dealkylation sites (tertiary alicyclic amines) is 1. The molecule has 2 fully saturated rings. The molecular weight excluding hydrogens is 238 g/mol. The molecule has 2 aliphatic rings. The summed E-state index contributed by atoms with van der Waals surface area (Å²) in [5, 5.41) is 3.26. The van der Waals surface area contributed by atoms with E-state index in [1.807, 2.05) is 4.90 Å². The topological polar surface area (TPSA) is 58.4 Å². The third kappa shape index (κ3) is 3.62. The summed E-state index contributed by atoms with van der Waals surface area (Å²) in [6.45, 7) is 6.83. The van der Waals surface area contributed by atoms with Crippen molar-refractivity contribution in [2.75, 3.05) is 19.6 Å². The van der Waals surface area contributed by atoms with Gasteiger partial charge in [-0.2, -0.15) is 0 Å². The number of nitrogens with one attached hydrogen (secondary N) is 1. The third-order valence-corrected chi connectivity index (χ3v) is 4.80. The molecule has 3 N–H and O–H groups in total. The lowest BCUT2D eigenvalue weighted by Gasteiger charge is -2.42. The molecule has 4 heteroatoms. The number of hydrogen-bond acceptors (Lipinski definition) is 2. The summed E-state index contributed by atoms with van der Waals surface area (Å²) in [6, 6.07) is 0.103. The maximum Gasteiger partial charge on any atom is 0.317 e. The Morgan fingerprint density at radius 1 is 1.32 bits per heavy atom. The van der Waals surface area contributed by atoms with E-state index in [4.69, 9.17) is 5.73 Å². The van der Waals surface area contributed by atoms with Crippen molar-refractivity contribution in [2.45, 2.75) is 57.9 Å². The van der Waals surface area contributed by atoms with E-state index in [-0.39, 0.29) is 11.6 Å². The molecule has 0 aromatic heterocycles. The number of carbonyl (C=O) groups is 1. The van der Waals surface area contributed by atoms with Crippen molar-refractivity contribution in [3.05, 3.63) is 0 Å². The summed E-state index contributed by atoms with van der Waals surface area (Å²) in [5.41, 5.74) is 5.82. The van der Waals surface area contributed by atoms with Crippen molar-refractivity contribution in [1.29, 1.82) is 0 Å². The fourth-order valence-corrected chi connectivity index (χ4v) is 3.69. The molecule has 0 bridgehead atoms. The normalized spacial score (nSPS) is 36.1. The van der Waals surface area contributed by atoms with Gasteiger partial charge in [0.15, 0.2) is 0 Å². The van der Waals surface area contributed by atoms with Crippen LogP contribution in [0.3, 0.4) is 0 Å². The van der Waals surface area contributed by atoms with Crippen LogP contribution in [0.2, 0.25) is 0 Å². The molecule has 4 nitrogen and oxygen atoms in total. The van der Waals surface area contributed by atoms with E-state index in [0.717, 1.165) is 32.4 Å². The Balaban J connectivity index is 1.95. The van der Waals surface area contributed by atoms with Gasteiger partial charge in [0.25, 0.3) is 0 Å². The number of piperidine rings is 1. The van der Waals surface area contributed by atoms with Gasteiger partial charge in [0.05, 0.1) is 5.54 Å². The lowest BCUT2D eigenvalue weighted by molar-refractivity contribution is 0.140. The molecule has 0 spiro atoms. The molecule has 1 aliphatic carbocycles. The number of rotatable bonds is 2. The molecular formula is C15H29N3O. The quantitative estimate of drug-likeness (QED) is 0.807. The Bertz CT molecular complexity index is 321. The molecule has 1 aliphatic heterocycles. The highest BCUT2D eigenvalue weighted by molar-refractivity contribution is 5.75. The van der Waals surface area contributed by atoms with Crippen molar-refractivity contribution in [2.24, 2.45) is 17.6 Å². The van der Waals surface area contributed by atoms with E-state index in [0.29, 0.717) is 18.4 Å². The smallest absolute Gasteiger partial charge is 0.317 e. The number of hydrogen-bond donors (Lipinski definition) is 2. The molecule has 1 saturated carbocycles. The maximum absolute atomic E-state index is 12.4. The molecule has 2 amide bonds. The zero-order chi connectivity index (χ0) is 13.9. The molecule has 1 heterocycles. The van der Waals surface area contributed by atoms with E-state index >= 15 is 0 Å². The molecule has 19 heavy (non-hydrogen) atoms. The highest BCUT2D eigenvalue weighted by Crippen LogP contribution is 2.32. The van der Waals surface area contributed by atoms with Crippen LogP contribution in [0, 0.1) is 11.8 Å². The Labute approximate surface area is 117 Å². The van der Waals surface area contributed by atoms with Crippen LogP contribution in [0.5, 0.6) is 0 Å². The summed E-state index contributed by atoms with van der Waals surface area (Å²) in [5.74, 6) is 1.29. The van der Waals surface area contributed by atoms with Gasteiger partial charge in [-0.1, -0.05) is 26.7 Å². The van der Waals surface area contributed by atoms with Gasteiger partial charge >= 0.3 is 6.03 Å². The second-order valence-electron chi connectivity index (χ2n) is 6.81. The summed E-state index contributed by atoms with van der Waals surface area (Å²) in [4.78, 5) is 14.4. The van der Waals surface area contributed by atoms with Crippen molar-refractivity contribution in [3.63, 3.8) is 0 Å². The van der Waals surface area contributed by atoms with E-state index in [9.17, 15) is 4.79 Å². The zero-order valence-corrected chi connectivity index (χ0v) is 12.5. The van der Waals surface area contributed by atoms with Crippen LogP contribution in [0.1, 0.15) is 52.4 Å². The monoisotopic (exact) mass is 267 g/mol. The highest BCUT2D eigenvalue weighted by Gasteiger charge is 2.36. The van der Waals surface area contributed by atoms with Crippen LogP contribution in [0.25, 0.3) is 0 Å². The third-order valence-electron chi connectivity index (χ3n) is 4.80. The largest absolute Gasteiger partial charge is 0.331 e. The number of nitrogens with two attached hydrogens (primary N) is 1. The van der Waals surface area contributed by atoms with Gasteiger partial charge in [-0.15, -0.1) is 0 Å². The van der Waals surface area contributed by atoms with Gasteiger partial charge in [0.1, 0.15) is 0 Å². The second kappa shape index (κ2) is 6.12. The van der Waals surface area contributed by atoms with Crippen molar-refractivity contribution >= 4 is 6.03 Å². The average Bonchev–Trinajstić information content (AvgIpc) is 2.38. The van der Waals surface area contributed by atoms with Gasteiger partial charge in [-0.25, -0.2) is 4.79 Å². The van der Waals surface area contributed by atoms with E-state index < -0.39 is 0 Å². The lowest BCUT2D eigenvalue weighted by Crippen LogP contribution is -2.59. The molecule has 3 atom stereocenters. The first-order valence-corrected chi connectivity index (χ1v) is 7.82. The number of carbonyl (C=O) groups excluding carboxylic acids is 1. The summed E-state index contributed by atoms with van der Waals surface area (Å²) in [7, 11) is 0. The van der Waals surface area contributed by atoms with E-state index in [2.05, 4.69) is 19.2 Å². The van der Waals surface area contributed by atoms with Crippen molar-refractivity contribution in [1.82, 2.24) is 10.2 Å². The Morgan fingerprint density at radius 2 is 2.05 bits per heavy atom. The second-order valence-corrected chi connectivity index (χ2v) is 6.81. The fraction of sp³-hybridized carbons (Fsp3) is 0.933. The van der Waals surface area contributed by atoms with Gasteiger partial charge in [0.2, 0.25) is 0 Å². The van der Waals surface area contributed by atoms with Gasteiger partial charge in [0, 0.05) is 19.6 Å². The standard InChI is InChI=1S/C15H29N3O/c1-12-5-3-7-15(9-12,11-16)17-14(19)18-8-4-6-13(2)10-18/h12-13H,3-11,16H2,1-2H3,(H,17,19). The van der Waals surface area contributed by atoms with Gasteiger partial charge in [-0.3, -0.25) is 0 Å². The van der Waals surface area contributed by atoms with Crippen LogP contribution in [-0.2, 0) is 0 Å². The minimum atomic E-state index is -0.157. The molecule has 0 aromatic rings. The lowest BCUT2D eigenvalue weighted by atomic mass is 9.76. The minimum Gasteiger partial charge on any atom is -0.331 e. The van der Waals surface area contributed by atoms with Crippen molar-refractivity contribution < 1.29 is 4.79 Å². The van der Waals surface area contributed by atoms with Crippen LogP contribution in [-0.4, -0.2) is 36.1 Å². The molecule has 0 aromatic carbocycles. The van der Waals surface area contributed by atoms with Crippen LogP contribution in [0.4, 0.5) is 4.79 Å². The van der Waals surface area contributed by atoms with Crippen molar-refractivity contribution in [3.8, 4) is 0 Å². The molecule has 3 unspecified atom stereocenters. The first-order valence-electron chi connectivity index (χ1n) is 7.82. The molecule has 1 saturated heterocycles. The van der Waals surface area contributed by atoms with Gasteiger partial charge in [-0.05, 0) is 37.5 Å². The fourth-order valence-electron chi connectivity index (χ4n) is 3.69. The first kappa shape index (κ1) is 14.6. The van der Waals surface area contributed by atoms with E-state index in [1.54, 1.807) is 0 Å². The highest BCUT2D eigenvalue weighted by atomic mass is 16.2. The molecule has 0 radical (unpaired) electrons. The summed E-state index contributed by atoms with van der Waals surface area (Å²) < 4.78 is 0. The first-order chi connectivity index (χ1) is 9.04. The number of nitrogens with zero attached hydrogens (tertiary/aromatic N) is 1. The summed E-state index contributed by atoms with van der Waals surface area (Å²) >= 11 is 0. The van der Waals surface area contributed by atoms with Crippen LogP contribution in [0.15, 0.2) is 0 Å². The SMILES string of the molecule is CC1CCCN(C(=O)NC2(CN)CCCC(C)C2)C1. The Kier molecular flexibility index (Phi) is 4.71.